The van der Waals surface area contributed by atoms with E-state index in [1.165, 1.54) is 0 Å². The third-order valence-corrected chi connectivity index (χ3v) is 3.04. The molecule has 0 amide bonds. The first-order valence-corrected chi connectivity index (χ1v) is 5.17. The Morgan fingerprint density at radius 2 is 2.33 bits per heavy atom. The first-order chi connectivity index (χ1) is 7.27. The van der Waals surface area contributed by atoms with Gasteiger partial charge in [-0.2, -0.15) is 0 Å². The number of imidazole rings is 1. The smallest absolute Gasteiger partial charge is 0.326 e. The minimum atomic E-state index is -0.447. The maximum absolute atomic E-state index is 11.6. The summed E-state index contributed by atoms with van der Waals surface area (Å²) < 4.78 is 1.72. The summed E-state index contributed by atoms with van der Waals surface area (Å²) in [4.78, 5) is 14.4. The fourth-order valence-electron chi connectivity index (χ4n) is 2.33. The second kappa shape index (κ2) is 2.97. The summed E-state index contributed by atoms with van der Waals surface area (Å²) in [5, 5.41) is 9.93. The van der Waals surface area contributed by atoms with E-state index in [1.807, 2.05) is 18.2 Å². The molecule has 0 aliphatic carbocycles. The topological polar surface area (TPSA) is 58.0 Å². The van der Waals surface area contributed by atoms with Gasteiger partial charge in [-0.1, -0.05) is 12.1 Å². The summed E-state index contributed by atoms with van der Waals surface area (Å²) in [6, 6.07) is 5.63. The third kappa shape index (κ3) is 1.15. The summed E-state index contributed by atoms with van der Waals surface area (Å²) in [6.07, 6.45) is 1.11. The van der Waals surface area contributed by atoms with Crippen molar-refractivity contribution in [3.05, 3.63) is 34.2 Å². The number of aryl methyl sites for hydroxylation is 1. The Kier molecular flexibility index (Phi) is 1.73. The van der Waals surface area contributed by atoms with E-state index in [2.05, 4.69) is 4.98 Å². The van der Waals surface area contributed by atoms with E-state index in [0.29, 0.717) is 6.54 Å². The number of H-pyrrole nitrogens is 1. The van der Waals surface area contributed by atoms with Crippen molar-refractivity contribution in [2.45, 2.75) is 25.5 Å². The van der Waals surface area contributed by atoms with Gasteiger partial charge in [0.1, 0.15) is 0 Å². The van der Waals surface area contributed by atoms with Crippen LogP contribution in [0.2, 0.25) is 0 Å². The molecule has 0 saturated heterocycles. The minimum Gasteiger partial charge on any atom is -0.388 e. The Bertz CT molecular complexity index is 567. The minimum absolute atomic E-state index is 0.0773. The van der Waals surface area contributed by atoms with Crippen LogP contribution in [0.4, 0.5) is 0 Å². The van der Waals surface area contributed by atoms with Crippen molar-refractivity contribution in [2.24, 2.45) is 0 Å². The molecule has 1 aromatic carbocycles. The molecule has 0 unspecified atom stereocenters. The lowest BCUT2D eigenvalue weighted by Gasteiger charge is -2.07. The fraction of sp³-hybridized carbons (Fsp3) is 0.364. The number of aliphatic hydroxyl groups is 1. The Hall–Kier alpha value is -1.55. The maximum Gasteiger partial charge on any atom is 0.326 e. The molecule has 1 atom stereocenters. The average molecular weight is 204 g/mol. The van der Waals surface area contributed by atoms with Gasteiger partial charge >= 0.3 is 5.69 Å². The summed E-state index contributed by atoms with van der Waals surface area (Å²) in [5.74, 6) is 0. The van der Waals surface area contributed by atoms with Gasteiger partial charge in [-0.25, -0.2) is 4.79 Å². The highest BCUT2D eigenvalue weighted by atomic mass is 16.3. The van der Waals surface area contributed by atoms with Gasteiger partial charge in [0, 0.05) is 12.1 Å². The molecule has 0 bridgehead atoms. The molecule has 0 saturated carbocycles. The van der Waals surface area contributed by atoms with Crippen LogP contribution in [0.5, 0.6) is 0 Å². The predicted octanol–water partition coefficient (Wildman–Crippen LogP) is 1.16. The Morgan fingerprint density at radius 1 is 1.47 bits per heavy atom. The molecule has 3 rings (SSSR count). The van der Waals surface area contributed by atoms with E-state index >= 15 is 0 Å². The molecule has 0 fully saturated rings. The molecule has 1 aliphatic heterocycles. The van der Waals surface area contributed by atoms with Crippen LogP contribution in [0.1, 0.15) is 24.5 Å². The highest BCUT2D eigenvalue weighted by Crippen LogP contribution is 2.28. The van der Waals surface area contributed by atoms with Crippen LogP contribution in [0, 0.1) is 0 Å². The number of nitrogens with zero attached hydrogens (tertiary/aromatic N) is 1. The van der Waals surface area contributed by atoms with E-state index in [0.717, 1.165) is 29.4 Å². The lowest BCUT2D eigenvalue weighted by molar-refractivity contribution is 0.167. The number of benzene rings is 1. The molecule has 2 aromatic rings. The van der Waals surface area contributed by atoms with Crippen LogP contribution in [0.15, 0.2) is 23.0 Å². The Labute approximate surface area is 86.2 Å². The number of hydrogen-bond acceptors (Lipinski definition) is 2. The highest BCUT2D eigenvalue weighted by molar-refractivity contribution is 5.79. The Morgan fingerprint density at radius 3 is 3.20 bits per heavy atom. The molecule has 4 heteroatoms. The fourth-order valence-corrected chi connectivity index (χ4v) is 2.33. The Balaban J connectivity index is 2.47. The van der Waals surface area contributed by atoms with E-state index in [1.54, 1.807) is 4.57 Å². The number of para-hydroxylation sites is 1. The number of nitrogens with one attached hydrogen (secondary N) is 1. The number of aromatic nitrogens is 2. The van der Waals surface area contributed by atoms with Gasteiger partial charge in [-0.05, 0) is 18.9 Å². The summed E-state index contributed by atoms with van der Waals surface area (Å²) >= 11 is 0. The average Bonchev–Trinajstić information content (AvgIpc) is 2.43. The second-order valence-corrected chi connectivity index (χ2v) is 3.98. The predicted molar refractivity (Wildman–Crippen MR) is 56.8 cm³/mol. The monoisotopic (exact) mass is 204 g/mol. The van der Waals surface area contributed by atoms with Crippen molar-refractivity contribution in [2.75, 3.05) is 0 Å². The van der Waals surface area contributed by atoms with Crippen LogP contribution >= 0.6 is 0 Å². The molecule has 78 valence electrons. The van der Waals surface area contributed by atoms with Crippen LogP contribution in [0.25, 0.3) is 11.0 Å². The van der Waals surface area contributed by atoms with Gasteiger partial charge in [-0.3, -0.25) is 4.57 Å². The number of aromatic amines is 1. The van der Waals surface area contributed by atoms with E-state index < -0.39 is 6.10 Å². The highest BCUT2D eigenvalue weighted by Gasteiger charge is 2.19. The van der Waals surface area contributed by atoms with Crippen molar-refractivity contribution < 1.29 is 5.11 Å². The number of hydrogen-bond donors (Lipinski definition) is 2. The standard InChI is InChI=1S/C11H12N2O2/c14-9-5-2-6-13-10-7(9)3-1-4-8(10)12-11(13)15/h1,3-4,9,14H,2,5-6H2,(H,12,15)/t9-/m0/s1. The molecule has 4 nitrogen and oxygen atoms in total. The molecular formula is C11H12N2O2. The lowest BCUT2D eigenvalue weighted by Crippen LogP contribution is -2.16. The third-order valence-electron chi connectivity index (χ3n) is 3.04. The van der Waals surface area contributed by atoms with Gasteiger partial charge in [0.15, 0.2) is 0 Å². The zero-order chi connectivity index (χ0) is 10.4. The van der Waals surface area contributed by atoms with Gasteiger partial charge in [0.05, 0.1) is 17.1 Å². The van der Waals surface area contributed by atoms with Crippen LogP contribution in [0.3, 0.4) is 0 Å². The molecule has 0 radical (unpaired) electrons. The van der Waals surface area contributed by atoms with Crippen molar-refractivity contribution in [1.82, 2.24) is 9.55 Å². The van der Waals surface area contributed by atoms with Gasteiger partial charge in [-0.15, -0.1) is 0 Å². The summed E-state index contributed by atoms with van der Waals surface area (Å²) in [7, 11) is 0. The van der Waals surface area contributed by atoms with Crippen LogP contribution in [-0.2, 0) is 6.54 Å². The van der Waals surface area contributed by atoms with Gasteiger partial charge in [0.25, 0.3) is 0 Å². The number of rotatable bonds is 0. The maximum atomic E-state index is 11.6. The molecule has 2 heterocycles. The molecule has 1 aromatic heterocycles. The first-order valence-electron chi connectivity index (χ1n) is 5.17. The SMILES string of the molecule is O=c1[nH]c2cccc3c2n1CCC[C@@H]3O. The molecule has 15 heavy (non-hydrogen) atoms. The lowest BCUT2D eigenvalue weighted by atomic mass is 10.1. The quantitative estimate of drug-likeness (QED) is 0.676. The van der Waals surface area contributed by atoms with E-state index in [-0.39, 0.29) is 5.69 Å². The largest absolute Gasteiger partial charge is 0.388 e. The zero-order valence-corrected chi connectivity index (χ0v) is 8.23. The second-order valence-electron chi connectivity index (χ2n) is 3.98. The normalized spacial score (nSPS) is 20.5. The molecule has 1 aliphatic rings. The summed E-state index contributed by atoms with van der Waals surface area (Å²) in [6.45, 7) is 0.687. The van der Waals surface area contributed by atoms with Crippen molar-refractivity contribution in [1.29, 1.82) is 0 Å². The van der Waals surface area contributed by atoms with E-state index in [4.69, 9.17) is 0 Å². The van der Waals surface area contributed by atoms with Gasteiger partial charge in [0.2, 0.25) is 0 Å². The summed E-state index contributed by atoms with van der Waals surface area (Å²) in [5.41, 5.74) is 2.47. The van der Waals surface area contributed by atoms with Crippen LogP contribution in [-0.4, -0.2) is 14.7 Å². The van der Waals surface area contributed by atoms with Crippen LogP contribution < -0.4 is 5.69 Å². The molecule has 2 N–H and O–H groups in total. The zero-order valence-electron chi connectivity index (χ0n) is 8.23. The van der Waals surface area contributed by atoms with Gasteiger partial charge < -0.3 is 10.1 Å². The number of aliphatic hydroxyl groups excluding tert-OH is 1. The van der Waals surface area contributed by atoms with Crippen molar-refractivity contribution in [3.63, 3.8) is 0 Å². The van der Waals surface area contributed by atoms with E-state index in [9.17, 15) is 9.90 Å². The van der Waals surface area contributed by atoms with Crippen molar-refractivity contribution in [3.8, 4) is 0 Å². The first kappa shape index (κ1) is 8.73. The van der Waals surface area contributed by atoms with Crippen molar-refractivity contribution >= 4 is 11.0 Å². The molecular weight excluding hydrogens is 192 g/mol. The molecule has 0 spiro atoms.